The zero-order chi connectivity index (χ0) is 13.1. The Kier molecular flexibility index (Phi) is 4.03. The van der Waals surface area contributed by atoms with Crippen molar-refractivity contribution >= 4 is 23.4 Å². The van der Waals surface area contributed by atoms with E-state index in [-0.39, 0.29) is 5.16 Å². The quantitative estimate of drug-likeness (QED) is 0.695. The van der Waals surface area contributed by atoms with Crippen LogP contribution >= 0.6 is 23.4 Å². The third-order valence-electron chi connectivity index (χ3n) is 2.17. The summed E-state index contributed by atoms with van der Waals surface area (Å²) in [6.45, 7) is 0. The largest absolute Gasteiger partial charge is 0.335 e. The molecule has 0 saturated carbocycles. The van der Waals surface area contributed by atoms with Crippen LogP contribution in [0, 0.1) is 0 Å². The number of aromatic nitrogens is 3. The van der Waals surface area contributed by atoms with Gasteiger partial charge in [0.1, 0.15) is 0 Å². The van der Waals surface area contributed by atoms with Gasteiger partial charge in [0.15, 0.2) is 0 Å². The summed E-state index contributed by atoms with van der Waals surface area (Å²) in [5, 5.41) is 7.85. The van der Waals surface area contributed by atoms with Crippen molar-refractivity contribution in [2.45, 2.75) is 17.3 Å². The SMILES string of the molecule is Nn1c(SCc2ccc(Cl)cc2)nnc1C(F)F. The molecule has 1 aromatic heterocycles. The van der Waals surface area contributed by atoms with Crippen LogP contribution in [0.3, 0.4) is 0 Å². The molecule has 0 fully saturated rings. The zero-order valence-corrected chi connectivity index (χ0v) is 10.6. The Hall–Kier alpha value is -1.34. The molecule has 0 spiro atoms. The summed E-state index contributed by atoms with van der Waals surface area (Å²) < 4.78 is 25.7. The Bertz CT molecular complexity index is 529. The van der Waals surface area contributed by atoms with Gasteiger partial charge >= 0.3 is 0 Å². The monoisotopic (exact) mass is 290 g/mol. The topological polar surface area (TPSA) is 56.7 Å². The van der Waals surface area contributed by atoms with E-state index in [0.717, 1.165) is 10.2 Å². The molecule has 0 saturated heterocycles. The van der Waals surface area contributed by atoms with E-state index in [2.05, 4.69) is 10.2 Å². The lowest BCUT2D eigenvalue weighted by molar-refractivity contribution is 0.136. The maximum atomic E-state index is 12.4. The fourth-order valence-electron chi connectivity index (χ4n) is 1.26. The second kappa shape index (κ2) is 5.53. The summed E-state index contributed by atoms with van der Waals surface area (Å²) in [4.78, 5) is 0. The predicted molar refractivity (Wildman–Crippen MR) is 66.1 cm³/mol. The molecule has 8 heteroatoms. The van der Waals surface area contributed by atoms with Gasteiger partial charge in [-0.3, -0.25) is 0 Å². The standard InChI is InChI=1S/C10H9ClF2N4S/c11-7-3-1-6(2-4-7)5-18-10-16-15-9(8(12)13)17(10)14/h1-4,8H,5,14H2. The van der Waals surface area contributed by atoms with Gasteiger partial charge in [-0.25, -0.2) is 13.5 Å². The number of rotatable bonds is 4. The van der Waals surface area contributed by atoms with Crippen molar-refractivity contribution in [3.8, 4) is 0 Å². The molecule has 18 heavy (non-hydrogen) atoms. The minimum absolute atomic E-state index is 0.250. The van der Waals surface area contributed by atoms with E-state index in [0.29, 0.717) is 10.8 Å². The van der Waals surface area contributed by atoms with Gasteiger partial charge in [0.2, 0.25) is 11.0 Å². The van der Waals surface area contributed by atoms with Gasteiger partial charge in [0.05, 0.1) is 0 Å². The number of halogens is 3. The fourth-order valence-corrected chi connectivity index (χ4v) is 2.21. The van der Waals surface area contributed by atoms with E-state index in [1.165, 1.54) is 11.8 Å². The molecule has 0 atom stereocenters. The van der Waals surface area contributed by atoms with Crippen LogP contribution in [0.5, 0.6) is 0 Å². The Morgan fingerprint density at radius 1 is 1.28 bits per heavy atom. The average Bonchev–Trinajstić information content (AvgIpc) is 2.70. The molecule has 2 aromatic rings. The van der Waals surface area contributed by atoms with Gasteiger partial charge in [-0.05, 0) is 17.7 Å². The number of nitrogens with two attached hydrogens (primary N) is 1. The van der Waals surface area contributed by atoms with Gasteiger partial charge in [-0.1, -0.05) is 35.5 Å². The lowest BCUT2D eigenvalue weighted by atomic mass is 10.2. The summed E-state index contributed by atoms with van der Waals surface area (Å²) in [5.74, 6) is 5.48. The van der Waals surface area contributed by atoms with Gasteiger partial charge in [-0.2, -0.15) is 0 Å². The van der Waals surface area contributed by atoms with Crippen molar-refractivity contribution in [1.82, 2.24) is 14.9 Å². The van der Waals surface area contributed by atoms with Crippen LogP contribution in [0.4, 0.5) is 8.78 Å². The summed E-state index contributed by atoms with van der Waals surface area (Å²) in [6, 6.07) is 7.21. The molecule has 0 bridgehead atoms. The molecule has 1 aromatic carbocycles. The van der Waals surface area contributed by atoms with Crippen LogP contribution < -0.4 is 5.84 Å². The van der Waals surface area contributed by atoms with E-state index < -0.39 is 12.2 Å². The first-order chi connectivity index (χ1) is 8.58. The zero-order valence-electron chi connectivity index (χ0n) is 9.05. The molecule has 1 heterocycles. The Morgan fingerprint density at radius 2 is 1.94 bits per heavy atom. The highest BCUT2D eigenvalue weighted by Gasteiger charge is 2.18. The Labute approximate surface area is 111 Å². The smallest absolute Gasteiger partial charge is 0.299 e. The molecular formula is C10H9ClF2N4S. The summed E-state index contributed by atoms with van der Waals surface area (Å²) in [5.41, 5.74) is 0.992. The first-order valence-electron chi connectivity index (χ1n) is 4.93. The minimum atomic E-state index is -2.73. The number of nitrogen functional groups attached to an aromatic ring is 1. The van der Waals surface area contributed by atoms with Crippen LogP contribution in [0.15, 0.2) is 29.4 Å². The van der Waals surface area contributed by atoms with E-state index in [1.807, 2.05) is 12.1 Å². The van der Waals surface area contributed by atoms with E-state index in [4.69, 9.17) is 17.4 Å². The molecule has 0 amide bonds. The van der Waals surface area contributed by atoms with E-state index in [1.54, 1.807) is 12.1 Å². The van der Waals surface area contributed by atoms with E-state index >= 15 is 0 Å². The average molecular weight is 291 g/mol. The minimum Gasteiger partial charge on any atom is -0.335 e. The van der Waals surface area contributed by atoms with Crippen molar-refractivity contribution in [2.24, 2.45) is 0 Å². The Balaban J connectivity index is 2.04. The molecular weight excluding hydrogens is 282 g/mol. The fraction of sp³-hybridized carbons (Fsp3) is 0.200. The number of thioether (sulfide) groups is 1. The first-order valence-corrected chi connectivity index (χ1v) is 6.30. The molecule has 2 N–H and O–H groups in total. The normalized spacial score (nSPS) is 11.1. The van der Waals surface area contributed by atoms with Crippen molar-refractivity contribution in [3.05, 3.63) is 40.7 Å². The first kappa shape index (κ1) is 13.1. The predicted octanol–water partition coefficient (Wildman–Crippen LogP) is 2.88. The van der Waals surface area contributed by atoms with Crippen molar-refractivity contribution in [1.29, 1.82) is 0 Å². The number of alkyl halides is 2. The second-order valence-electron chi connectivity index (χ2n) is 3.43. The third-order valence-corrected chi connectivity index (χ3v) is 3.43. The maximum Gasteiger partial charge on any atom is 0.299 e. The molecule has 0 aliphatic rings. The molecule has 0 radical (unpaired) electrons. The van der Waals surface area contributed by atoms with Crippen LogP contribution in [-0.2, 0) is 5.75 Å². The molecule has 96 valence electrons. The molecule has 0 aliphatic heterocycles. The van der Waals surface area contributed by atoms with E-state index in [9.17, 15) is 8.78 Å². The van der Waals surface area contributed by atoms with Crippen molar-refractivity contribution in [3.63, 3.8) is 0 Å². The lowest BCUT2D eigenvalue weighted by Gasteiger charge is -2.03. The van der Waals surface area contributed by atoms with Crippen LogP contribution in [0.1, 0.15) is 17.8 Å². The number of benzene rings is 1. The van der Waals surface area contributed by atoms with Gasteiger partial charge in [-0.15, -0.1) is 10.2 Å². The van der Waals surface area contributed by atoms with Gasteiger partial charge < -0.3 is 5.84 Å². The summed E-state index contributed by atoms with van der Waals surface area (Å²) in [7, 11) is 0. The highest BCUT2D eigenvalue weighted by atomic mass is 35.5. The number of hydrogen-bond acceptors (Lipinski definition) is 4. The maximum absolute atomic E-state index is 12.4. The lowest BCUT2D eigenvalue weighted by Crippen LogP contribution is -2.14. The van der Waals surface area contributed by atoms with Crippen LogP contribution in [0.25, 0.3) is 0 Å². The highest BCUT2D eigenvalue weighted by molar-refractivity contribution is 7.98. The molecule has 2 rings (SSSR count). The Morgan fingerprint density at radius 3 is 2.50 bits per heavy atom. The van der Waals surface area contributed by atoms with Crippen LogP contribution in [-0.4, -0.2) is 14.9 Å². The molecule has 0 unspecified atom stereocenters. The van der Waals surface area contributed by atoms with Crippen molar-refractivity contribution in [2.75, 3.05) is 5.84 Å². The van der Waals surface area contributed by atoms with Gasteiger partial charge in [0.25, 0.3) is 6.43 Å². The highest BCUT2D eigenvalue weighted by Crippen LogP contribution is 2.24. The van der Waals surface area contributed by atoms with Gasteiger partial charge in [0, 0.05) is 10.8 Å². The summed E-state index contributed by atoms with van der Waals surface area (Å²) in [6.07, 6.45) is -2.73. The molecule has 4 nitrogen and oxygen atoms in total. The summed E-state index contributed by atoms with van der Waals surface area (Å²) >= 11 is 6.99. The van der Waals surface area contributed by atoms with Crippen LogP contribution in [0.2, 0.25) is 5.02 Å². The third kappa shape index (κ3) is 2.91. The number of hydrogen-bond donors (Lipinski definition) is 1. The number of nitrogens with zero attached hydrogens (tertiary/aromatic N) is 3. The van der Waals surface area contributed by atoms with Crippen molar-refractivity contribution < 1.29 is 8.78 Å². The molecule has 0 aliphatic carbocycles. The second-order valence-corrected chi connectivity index (χ2v) is 4.81.